The molecule has 0 aromatic heterocycles. The van der Waals surface area contributed by atoms with Gasteiger partial charge in [0.15, 0.2) is 11.5 Å². The Morgan fingerprint density at radius 3 is 2.72 bits per heavy atom. The Morgan fingerprint density at radius 2 is 2.11 bits per heavy atom. The summed E-state index contributed by atoms with van der Waals surface area (Å²) >= 11 is 5.33. The molecule has 3 nitrogen and oxygen atoms in total. The van der Waals surface area contributed by atoms with Crippen LogP contribution in [0.5, 0.6) is 11.5 Å². The van der Waals surface area contributed by atoms with Crippen LogP contribution < -0.4 is 15.2 Å². The standard InChI is InChI=1S/C13H20BrNO2S/c1-3-16-12-8-10(9-15)7-11(14)13(12)17-5-4-6-18-2/h7-8H,3-6,9,15H2,1-2H3. The molecule has 0 radical (unpaired) electrons. The Bertz CT molecular complexity index is 374. The van der Waals surface area contributed by atoms with Gasteiger partial charge in [-0.25, -0.2) is 0 Å². The number of hydrogen-bond acceptors (Lipinski definition) is 4. The average Bonchev–Trinajstić information content (AvgIpc) is 2.37. The van der Waals surface area contributed by atoms with Gasteiger partial charge < -0.3 is 15.2 Å². The largest absolute Gasteiger partial charge is 0.490 e. The molecule has 0 aliphatic heterocycles. The first-order valence-electron chi connectivity index (χ1n) is 6.00. The van der Waals surface area contributed by atoms with Gasteiger partial charge in [0.05, 0.1) is 17.7 Å². The van der Waals surface area contributed by atoms with Crippen LogP contribution in [-0.4, -0.2) is 25.2 Å². The first kappa shape index (κ1) is 15.7. The highest BCUT2D eigenvalue weighted by atomic mass is 79.9. The molecule has 0 heterocycles. The Balaban J connectivity index is 2.79. The lowest BCUT2D eigenvalue weighted by Gasteiger charge is -2.15. The van der Waals surface area contributed by atoms with E-state index < -0.39 is 0 Å². The van der Waals surface area contributed by atoms with E-state index in [4.69, 9.17) is 15.2 Å². The van der Waals surface area contributed by atoms with Gasteiger partial charge in [0.25, 0.3) is 0 Å². The van der Waals surface area contributed by atoms with Crippen molar-refractivity contribution >= 4 is 27.7 Å². The van der Waals surface area contributed by atoms with Gasteiger partial charge in [0, 0.05) is 6.54 Å². The van der Waals surface area contributed by atoms with Crippen LogP contribution in [0.3, 0.4) is 0 Å². The fourth-order valence-electron chi connectivity index (χ4n) is 1.52. The molecule has 0 aliphatic carbocycles. The summed E-state index contributed by atoms with van der Waals surface area (Å²) in [5.74, 6) is 2.63. The van der Waals surface area contributed by atoms with Gasteiger partial charge in [0.2, 0.25) is 0 Å². The summed E-state index contributed by atoms with van der Waals surface area (Å²) in [5, 5.41) is 0. The fraction of sp³-hybridized carbons (Fsp3) is 0.538. The minimum Gasteiger partial charge on any atom is -0.490 e. The molecule has 0 fully saturated rings. The molecule has 2 N–H and O–H groups in total. The molecule has 0 amide bonds. The summed E-state index contributed by atoms with van der Waals surface area (Å²) in [4.78, 5) is 0. The van der Waals surface area contributed by atoms with Gasteiger partial charge >= 0.3 is 0 Å². The summed E-state index contributed by atoms with van der Waals surface area (Å²) in [6.07, 6.45) is 3.12. The number of nitrogens with two attached hydrogens (primary N) is 1. The van der Waals surface area contributed by atoms with E-state index in [-0.39, 0.29) is 0 Å². The average molecular weight is 334 g/mol. The van der Waals surface area contributed by atoms with E-state index in [1.54, 1.807) is 0 Å². The van der Waals surface area contributed by atoms with E-state index in [0.29, 0.717) is 19.8 Å². The molecule has 0 bridgehead atoms. The number of hydrogen-bond donors (Lipinski definition) is 1. The normalized spacial score (nSPS) is 10.4. The van der Waals surface area contributed by atoms with Crippen molar-refractivity contribution in [3.05, 3.63) is 22.2 Å². The van der Waals surface area contributed by atoms with Gasteiger partial charge in [-0.3, -0.25) is 0 Å². The van der Waals surface area contributed by atoms with Crippen LogP contribution in [0.2, 0.25) is 0 Å². The minimum atomic E-state index is 0.491. The second-order valence-corrected chi connectivity index (χ2v) is 5.58. The molecule has 1 aromatic rings. The van der Waals surface area contributed by atoms with E-state index in [1.807, 2.05) is 30.8 Å². The molecule has 0 spiro atoms. The second kappa shape index (κ2) is 8.67. The van der Waals surface area contributed by atoms with Gasteiger partial charge in [-0.2, -0.15) is 11.8 Å². The summed E-state index contributed by atoms with van der Waals surface area (Å²) in [6.45, 7) is 3.76. The smallest absolute Gasteiger partial charge is 0.175 e. The van der Waals surface area contributed by atoms with Crippen LogP contribution in [0.15, 0.2) is 16.6 Å². The van der Waals surface area contributed by atoms with Gasteiger partial charge in [-0.15, -0.1) is 0 Å². The third-order valence-electron chi connectivity index (χ3n) is 2.34. The van der Waals surface area contributed by atoms with E-state index in [1.165, 1.54) is 0 Å². The number of halogens is 1. The Morgan fingerprint density at radius 1 is 1.33 bits per heavy atom. The van der Waals surface area contributed by atoms with Crippen molar-refractivity contribution in [1.82, 2.24) is 0 Å². The topological polar surface area (TPSA) is 44.5 Å². The number of benzene rings is 1. The minimum absolute atomic E-state index is 0.491. The maximum absolute atomic E-state index is 5.80. The molecule has 0 saturated heterocycles. The number of thioether (sulfide) groups is 1. The van der Waals surface area contributed by atoms with E-state index in [0.717, 1.165) is 33.7 Å². The Hall–Kier alpha value is -0.390. The summed E-state index contributed by atoms with van der Waals surface area (Å²) in [6, 6.07) is 3.92. The van der Waals surface area contributed by atoms with Crippen LogP contribution >= 0.6 is 27.7 Å². The van der Waals surface area contributed by atoms with Crippen LogP contribution in [0, 0.1) is 0 Å². The number of ether oxygens (including phenoxy) is 2. The van der Waals surface area contributed by atoms with Crippen molar-refractivity contribution in [2.45, 2.75) is 19.9 Å². The van der Waals surface area contributed by atoms with Crippen molar-refractivity contribution in [2.24, 2.45) is 5.73 Å². The first-order valence-corrected chi connectivity index (χ1v) is 8.18. The third kappa shape index (κ3) is 4.71. The molecule has 0 atom stereocenters. The molecule has 5 heteroatoms. The highest BCUT2D eigenvalue weighted by molar-refractivity contribution is 9.10. The van der Waals surface area contributed by atoms with E-state index in [9.17, 15) is 0 Å². The maximum Gasteiger partial charge on any atom is 0.175 e. The third-order valence-corrected chi connectivity index (χ3v) is 3.63. The quantitative estimate of drug-likeness (QED) is 0.740. The Labute approximate surface area is 122 Å². The van der Waals surface area contributed by atoms with Crippen molar-refractivity contribution in [1.29, 1.82) is 0 Å². The Kier molecular flexibility index (Phi) is 7.54. The van der Waals surface area contributed by atoms with E-state index >= 15 is 0 Å². The summed E-state index contributed by atoms with van der Waals surface area (Å²) in [5.41, 5.74) is 6.68. The zero-order valence-corrected chi connectivity index (χ0v) is 13.3. The monoisotopic (exact) mass is 333 g/mol. The van der Waals surface area contributed by atoms with Crippen LogP contribution in [0.25, 0.3) is 0 Å². The molecule has 102 valence electrons. The maximum atomic E-state index is 5.80. The summed E-state index contributed by atoms with van der Waals surface area (Å²) < 4.78 is 12.3. The number of rotatable bonds is 8. The molecule has 0 aliphatic rings. The van der Waals surface area contributed by atoms with Crippen LogP contribution in [-0.2, 0) is 6.54 Å². The highest BCUT2D eigenvalue weighted by Gasteiger charge is 2.11. The van der Waals surface area contributed by atoms with E-state index in [2.05, 4.69) is 22.2 Å². The van der Waals surface area contributed by atoms with Crippen molar-refractivity contribution in [3.8, 4) is 11.5 Å². The lowest BCUT2D eigenvalue weighted by Crippen LogP contribution is -2.04. The summed E-state index contributed by atoms with van der Waals surface area (Å²) in [7, 11) is 0. The molecule has 1 rings (SSSR count). The molecular formula is C13H20BrNO2S. The SMILES string of the molecule is CCOc1cc(CN)cc(Br)c1OCCCSC. The zero-order chi connectivity index (χ0) is 13.4. The highest BCUT2D eigenvalue weighted by Crippen LogP contribution is 2.37. The van der Waals surface area contributed by atoms with Crippen molar-refractivity contribution in [2.75, 3.05) is 25.2 Å². The second-order valence-electron chi connectivity index (χ2n) is 3.74. The predicted molar refractivity (Wildman–Crippen MR) is 81.7 cm³/mol. The van der Waals surface area contributed by atoms with Crippen molar-refractivity contribution < 1.29 is 9.47 Å². The molecule has 0 saturated carbocycles. The van der Waals surface area contributed by atoms with Gasteiger partial charge in [0.1, 0.15) is 0 Å². The molecular weight excluding hydrogens is 314 g/mol. The van der Waals surface area contributed by atoms with Crippen LogP contribution in [0.1, 0.15) is 18.9 Å². The predicted octanol–water partition coefficient (Wildman–Crippen LogP) is 3.44. The molecule has 1 aromatic carbocycles. The van der Waals surface area contributed by atoms with Crippen molar-refractivity contribution in [3.63, 3.8) is 0 Å². The van der Waals surface area contributed by atoms with Gasteiger partial charge in [-0.1, -0.05) is 0 Å². The molecule has 0 unspecified atom stereocenters. The lowest BCUT2D eigenvalue weighted by atomic mass is 10.2. The van der Waals surface area contributed by atoms with Gasteiger partial charge in [-0.05, 0) is 59.0 Å². The van der Waals surface area contributed by atoms with Crippen LogP contribution in [0.4, 0.5) is 0 Å². The first-order chi connectivity index (χ1) is 8.72. The molecule has 18 heavy (non-hydrogen) atoms. The fourth-order valence-corrected chi connectivity index (χ4v) is 2.53. The zero-order valence-electron chi connectivity index (χ0n) is 10.9. The lowest BCUT2D eigenvalue weighted by molar-refractivity contribution is 0.276.